The molecule has 0 amide bonds. The number of rotatable bonds is 4. The molecule has 0 aliphatic heterocycles. The van der Waals surface area contributed by atoms with Gasteiger partial charge in [-0.05, 0) is 31.1 Å². The molecule has 0 saturated heterocycles. The number of aryl methyl sites for hydroxylation is 1. The molecular formula is C18H23N3O2. The molecule has 0 N–H and O–H groups in total. The lowest BCUT2D eigenvalue weighted by molar-refractivity contribution is -0.126. The number of carbonyl (C=O) groups excluding carboxylic acids is 2. The Labute approximate surface area is 136 Å². The van der Waals surface area contributed by atoms with E-state index in [0.29, 0.717) is 5.92 Å². The molecule has 0 bridgehead atoms. The number of fused-ring (bicyclic) bond motifs is 1. The summed E-state index contributed by atoms with van der Waals surface area (Å²) in [6.07, 6.45) is 10.9. The highest BCUT2D eigenvalue weighted by Crippen LogP contribution is 2.43. The predicted molar refractivity (Wildman–Crippen MR) is 84.4 cm³/mol. The maximum atomic E-state index is 12.8. The number of hydrogen-bond donors (Lipinski definition) is 0. The highest BCUT2D eigenvalue weighted by atomic mass is 16.2. The molecule has 0 aromatic carbocycles. The molecule has 5 nitrogen and oxygen atoms in total. The summed E-state index contributed by atoms with van der Waals surface area (Å²) >= 11 is 0. The lowest BCUT2D eigenvalue weighted by Crippen LogP contribution is -2.36. The second-order valence-corrected chi connectivity index (χ2v) is 7.01. The van der Waals surface area contributed by atoms with E-state index in [2.05, 4.69) is 4.98 Å². The first kappa shape index (κ1) is 15.9. The Kier molecular flexibility index (Phi) is 4.61. The Hall–Kier alpha value is -1.96. The summed E-state index contributed by atoms with van der Waals surface area (Å²) in [7, 11) is 1.70. The minimum atomic E-state index is -1.21. The van der Waals surface area contributed by atoms with Crippen LogP contribution in [0.1, 0.15) is 55.6 Å². The van der Waals surface area contributed by atoms with Crippen molar-refractivity contribution >= 4 is 11.6 Å². The molecule has 3 rings (SSSR count). The highest BCUT2D eigenvalue weighted by molar-refractivity contribution is 6.11. The van der Waals surface area contributed by atoms with E-state index in [1.54, 1.807) is 17.8 Å². The molecule has 1 heterocycles. The van der Waals surface area contributed by atoms with Gasteiger partial charge in [-0.2, -0.15) is 5.26 Å². The van der Waals surface area contributed by atoms with Crippen LogP contribution in [0.15, 0.2) is 12.4 Å². The zero-order valence-corrected chi connectivity index (χ0v) is 13.6. The number of Topliss-reactive ketones (excluding diaryl/α,β-unsaturated/α-hetero) is 2. The smallest absolute Gasteiger partial charge is 0.222 e. The monoisotopic (exact) mass is 313 g/mol. The fraction of sp³-hybridized carbons (Fsp3) is 0.667. The zero-order chi connectivity index (χ0) is 16.4. The van der Waals surface area contributed by atoms with E-state index < -0.39 is 11.7 Å². The third-order valence-electron chi connectivity index (χ3n) is 5.66. The Morgan fingerprint density at radius 3 is 2.65 bits per heavy atom. The van der Waals surface area contributed by atoms with E-state index in [4.69, 9.17) is 0 Å². The topological polar surface area (TPSA) is 75.8 Å². The first-order valence-electron chi connectivity index (χ1n) is 8.56. The Balaban J connectivity index is 1.72. The molecular weight excluding hydrogens is 290 g/mol. The van der Waals surface area contributed by atoms with Crippen molar-refractivity contribution in [2.45, 2.75) is 44.9 Å². The molecule has 2 aliphatic rings. The van der Waals surface area contributed by atoms with Crippen molar-refractivity contribution in [1.82, 2.24) is 9.55 Å². The number of ketones is 2. The second-order valence-electron chi connectivity index (χ2n) is 7.01. The molecule has 0 radical (unpaired) electrons. The predicted octanol–water partition coefficient (Wildman–Crippen LogP) is 2.92. The number of imidazole rings is 1. The van der Waals surface area contributed by atoms with E-state index in [1.165, 1.54) is 31.9 Å². The quantitative estimate of drug-likeness (QED) is 0.632. The third-order valence-corrected chi connectivity index (χ3v) is 5.66. The van der Waals surface area contributed by atoms with Gasteiger partial charge in [0.15, 0.2) is 17.5 Å². The molecule has 122 valence electrons. The fourth-order valence-corrected chi connectivity index (χ4v) is 4.35. The molecule has 2 aliphatic carbocycles. The average molecular weight is 313 g/mol. The summed E-state index contributed by atoms with van der Waals surface area (Å²) in [6, 6.07) is 1.93. The van der Waals surface area contributed by atoms with Crippen LogP contribution in [0.2, 0.25) is 0 Å². The second kappa shape index (κ2) is 6.66. The maximum absolute atomic E-state index is 12.8. The molecule has 4 atom stereocenters. The Morgan fingerprint density at radius 1 is 1.26 bits per heavy atom. The van der Waals surface area contributed by atoms with Crippen molar-refractivity contribution < 1.29 is 9.59 Å². The van der Waals surface area contributed by atoms with Gasteiger partial charge in [-0.1, -0.05) is 25.7 Å². The largest absolute Gasteiger partial charge is 0.332 e. The lowest BCUT2D eigenvalue weighted by atomic mass is 9.65. The molecule has 2 fully saturated rings. The van der Waals surface area contributed by atoms with Crippen LogP contribution in [-0.2, 0) is 11.8 Å². The molecule has 23 heavy (non-hydrogen) atoms. The molecule has 1 aromatic heterocycles. The van der Waals surface area contributed by atoms with Crippen LogP contribution in [0, 0.1) is 35.0 Å². The highest BCUT2D eigenvalue weighted by Gasteiger charge is 2.40. The van der Waals surface area contributed by atoms with Crippen LogP contribution in [0.3, 0.4) is 0 Å². The van der Waals surface area contributed by atoms with Crippen LogP contribution in [0.4, 0.5) is 0 Å². The van der Waals surface area contributed by atoms with Crippen LogP contribution in [0.25, 0.3) is 0 Å². The molecule has 1 aromatic rings. The van der Waals surface area contributed by atoms with Gasteiger partial charge in [0.2, 0.25) is 5.78 Å². The molecule has 0 unspecified atom stereocenters. The van der Waals surface area contributed by atoms with Gasteiger partial charge in [0, 0.05) is 25.4 Å². The van der Waals surface area contributed by atoms with Crippen LogP contribution in [0.5, 0.6) is 0 Å². The standard InChI is InChI=1S/C18H23N3O2/c1-21-9-8-20-18(21)17(23)15(11-19)16(22)14-7-6-12-4-2-3-5-13(12)10-14/h8-9,12-15H,2-7,10H2,1H3/t12-,13+,14-,15-/m1/s1. The van der Waals surface area contributed by atoms with Crippen molar-refractivity contribution in [3.05, 3.63) is 18.2 Å². The van der Waals surface area contributed by atoms with Gasteiger partial charge in [-0.3, -0.25) is 9.59 Å². The zero-order valence-electron chi connectivity index (χ0n) is 13.6. The van der Waals surface area contributed by atoms with E-state index in [0.717, 1.165) is 25.2 Å². The number of hydrogen-bond acceptors (Lipinski definition) is 4. The van der Waals surface area contributed by atoms with Crippen molar-refractivity contribution in [2.75, 3.05) is 0 Å². The van der Waals surface area contributed by atoms with Gasteiger partial charge in [-0.25, -0.2) is 4.98 Å². The summed E-state index contributed by atoms with van der Waals surface area (Å²) in [4.78, 5) is 29.3. The minimum Gasteiger partial charge on any atom is -0.332 e. The number of aromatic nitrogens is 2. The van der Waals surface area contributed by atoms with Crippen LogP contribution in [-0.4, -0.2) is 21.1 Å². The van der Waals surface area contributed by atoms with Crippen LogP contribution >= 0.6 is 0 Å². The summed E-state index contributed by atoms with van der Waals surface area (Å²) in [6.45, 7) is 0. The van der Waals surface area contributed by atoms with Crippen molar-refractivity contribution in [3.63, 3.8) is 0 Å². The normalized spacial score (nSPS) is 28.4. The van der Waals surface area contributed by atoms with Crippen LogP contribution < -0.4 is 0 Å². The SMILES string of the molecule is Cn1ccnc1C(=O)[C@H](C#N)C(=O)[C@@H]1CC[C@H]2CCCC[C@H]2C1. The molecule has 0 spiro atoms. The van der Waals surface area contributed by atoms with E-state index in [1.807, 2.05) is 6.07 Å². The first-order chi connectivity index (χ1) is 11.1. The van der Waals surface area contributed by atoms with Gasteiger partial charge in [0.1, 0.15) is 0 Å². The van der Waals surface area contributed by atoms with Crippen molar-refractivity contribution in [1.29, 1.82) is 5.26 Å². The van der Waals surface area contributed by atoms with Crippen molar-refractivity contribution in [3.8, 4) is 6.07 Å². The van der Waals surface area contributed by atoms with E-state index >= 15 is 0 Å². The number of nitriles is 1. The molecule has 5 heteroatoms. The van der Waals surface area contributed by atoms with Gasteiger partial charge >= 0.3 is 0 Å². The van der Waals surface area contributed by atoms with Crippen molar-refractivity contribution in [2.24, 2.45) is 30.7 Å². The first-order valence-corrected chi connectivity index (χ1v) is 8.56. The Morgan fingerprint density at radius 2 is 2.00 bits per heavy atom. The summed E-state index contributed by atoms with van der Waals surface area (Å²) < 4.78 is 1.57. The number of nitrogens with zero attached hydrogens (tertiary/aromatic N) is 3. The van der Waals surface area contributed by atoms with E-state index in [-0.39, 0.29) is 17.5 Å². The Bertz CT molecular complexity index is 643. The van der Waals surface area contributed by atoms with E-state index in [9.17, 15) is 14.9 Å². The summed E-state index contributed by atoms with van der Waals surface area (Å²) in [5, 5.41) is 9.39. The maximum Gasteiger partial charge on any atom is 0.222 e. The average Bonchev–Trinajstić information content (AvgIpc) is 3.00. The van der Waals surface area contributed by atoms with Gasteiger partial charge in [0.25, 0.3) is 0 Å². The third kappa shape index (κ3) is 3.08. The van der Waals surface area contributed by atoms with Gasteiger partial charge < -0.3 is 4.57 Å². The minimum absolute atomic E-state index is 0.136. The van der Waals surface area contributed by atoms with Gasteiger partial charge in [0.05, 0.1) is 6.07 Å². The lowest BCUT2D eigenvalue weighted by Gasteiger charge is -2.39. The fourth-order valence-electron chi connectivity index (χ4n) is 4.35. The molecule has 2 saturated carbocycles. The van der Waals surface area contributed by atoms with Gasteiger partial charge in [-0.15, -0.1) is 0 Å². The summed E-state index contributed by atoms with van der Waals surface area (Å²) in [5.41, 5.74) is 0. The summed E-state index contributed by atoms with van der Waals surface area (Å²) in [5.74, 6) is -0.450. The number of carbonyl (C=O) groups is 2.